The number of nitrogens with zero attached hydrogens (tertiary/aromatic N) is 1. The van der Waals surface area contributed by atoms with Crippen molar-refractivity contribution in [3.63, 3.8) is 0 Å². The fourth-order valence-corrected chi connectivity index (χ4v) is 0.696. The Balaban J connectivity index is 2.21. The molecule has 1 N–H and O–H groups in total. The lowest BCUT2D eigenvalue weighted by Gasteiger charge is -1.87. The highest BCUT2D eigenvalue weighted by Crippen LogP contribution is 1.94. The second-order valence-corrected chi connectivity index (χ2v) is 2.06. The normalized spacial score (nSPS) is 20.7. The maximum absolute atomic E-state index is 9.73. The van der Waals surface area contributed by atoms with E-state index in [1.54, 1.807) is 5.01 Å². The lowest BCUT2D eigenvalue weighted by Crippen LogP contribution is -2.17. The summed E-state index contributed by atoms with van der Waals surface area (Å²) >= 11 is 0. The van der Waals surface area contributed by atoms with E-state index in [9.17, 15) is 8.42 Å². The molecule has 42 valence electrons. The molecule has 1 rings (SSSR count). The Bertz CT molecular complexity index is 120. The standard InChI is InChI=1S/C2H6N2O2S/c5-7(6)3-4-1-2-4/h7H,1-2H2,(H,3,5,6). The quantitative estimate of drug-likeness (QED) is 0.340. The molecule has 5 heteroatoms. The first kappa shape index (κ1) is 5.02. The molecule has 0 aromatic carbocycles. The molecule has 0 atom stereocenters. The average molecular weight is 122 g/mol. The van der Waals surface area contributed by atoms with Crippen LogP contribution in [0.5, 0.6) is 0 Å². The van der Waals surface area contributed by atoms with Crippen molar-refractivity contribution in [3.8, 4) is 0 Å². The molecule has 0 amide bonds. The lowest BCUT2D eigenvalue weighted by atomic mass is 11.0. The molecule has 1 fully saturated rings. The first-order chi connectivity index (χ1) is 3.29. The third-order valence-electron chi connectivity index (χ3n) is 0.670. The topological polar surface area (TPSA) is 49.2 Å². The van der Waals surface area contributed by atoms with Crippen LogP contribution in [0.2, 0.25) is 0 Å². The van der Waals surface area contributed by atoms with Crippen molar-refractivity contribution in [2.75, 3.05) is 13.1 Å². The van der Waals surface area contributed by atoms with Gasteiger partial charge in [-0.3, -0.25) is 0 Å². The average Bonchev–Trinajstić information content (AvgIpc) is 2.17. The third kappa shape index (κ3) is 1.86. The molecule has 0 aliphatic carbocycles. The summed E-state index contributed by atoms with van der Waals surface area (Å²) in [5.41, 5.74) is 0. The molecule has 1 aliphatic heterocycles. The van der Waals surface area contributed by atoms with Gasteiger partial charge >= 0.3 is 0 Å². The van der Waals surface area contributed by atoms with Crippen molar-refractivity contribution >= 4 is 10.9 Å². The Morgan fingerprint density at radius 3 is 2.14 bits per heavy atom. The van der Waals surface area contributed by atoms with E-state index in [-0.39, 0.29) is 0 Å². The second kappa shape index (κ2) is 1.77. The maximum Gasteiger partial charge on any atom is 0.214 e. The fraction of sp³-hybridized carbons (Fsp3) is 1.00. The second-order valence-electron chi connectivity index (χ2n) is 1.34. The van der Waals surface area contributed by atoms with Crippen LogP contribution in [-0.2, 0) is 10.9 Å². The van der Waals surface area contributed by atoms with Gasteiger partial charge in [0.2, 0.25) is 10.9 Å². The van der Waals surface area contributed by atoms with Crippen LogP contribution in [0.4, 0.5) is 0 Å². The first-order valence-electron chi connectivity index (χ1n) is 1.94. The highest BCUT2D eigenvalue weighted by Gasteiger charge is 2.16. The molecule has 0 aromatic rings. The zero-order valence-electron chi connectivity index (χ0n) is 3.63. The highest BCUT2D eigenvalue weighted by molar-refractivity contribution is 7.70. The number of rotatable bonds is 2. The summed E-state index contributed by atoms with van der Waals surface area (Å²) in [6.07, 6.45) is 0. The molecule has 1 aliphatic rings. The maximum atomic E-state index is 9.73. The van der Waals surface area contributed by atoms with Gasteiger partial charge in [0.15, 0.2) is 0 Å². The Morgan fingerprint density at radius 2 is 2.00 bits per heavy atom. The Labute approximate surface area is 43.2 Å². The van der Waals surface area contributed by atoms with E-state index in [0.717, 1.165) is 13.1 Å². The highest BCUT2D eigenvalue weighted by atomic mass is 32.2. The van der Waals surface area contributed by atoms with Crippen molar-refractivity contribution in [2.24, 2.45) is 0 Å². The predicted octanol–water partition coefficient (Wildman–Crippen LogP) is -1.67. The number of thiol groups is 1. The van der Waals surface area contributed by atoms with E-state index < -0.39 is 10.9 Å². The smallest absolute Gasteiger partial charge is 0.214 e. The van der Waals surface area contributed by atoms with Crippen molar-refractivity contribution in [1.29, 1.82) is 0 Å². The summed E-state index contributed by atoms with van der Waals surface area (Å²) in [7, 11) is -2.40. The van der Waals surface area contributed by atoms with Crippen LogP contribution in [0.25, 0.3) is 0 Å². The van der Waals surface area contributed by atoms with E-state index in [1.165, 1.54) is 0 Å². The van der Waals surface area contributed by atoms with Crippen LogP contribution in [0, 0.1) is 0 Å². The van der Waals surface area contributed by atoms with Crippen LogP contribution in [0.1, 0.15) is 0 Å². The van der Waals surface area contributed by atoms with Crippen LogP contribution in [0.3, 0.4) is 0 Å². The Kier molecular flexibility index (Phi) is 1.27. The molecule has 1 heterocycles. The van der Waals surface area contributed by atoms with Gasteiger partial charge in [0.25, 0.3) is 0 Å². The van der Waals surface area contributed by atoms with Crippen molar-refractivity contribution < 1.29 is 8.42 Å². The molecule has 0 saturated carbocycles. The largest absolute Gasteiger partial charge is 0.228 e. The number of hydrazine groups is 1. The number of hydrogen-bond acceptors (Lipinski definition) is 3. The number of hydrogen-bond donors (Lipinski definition) is 2. The van der Waals surface area contributed by atoms with Gasteiger partial charge in [0.1, 0.15) is 0 Å². The van der Waals surface area contributed by atoms with E-state index in [0.29, 0.717) is 0 Å². The van der Waals surface area contributed by atoms with Gasteiger partial charge in [-0.05, 0) is 0 Å². The van der Waals surface area contributed by atoms with Crippen LogP contribution < -0.4 is 4.83 Å². The molecule has 0 bridgehead atoms. The summed E-state index contributed by atoms with van der Waals surface area (Å²) in [6.45, 7) is 1.70. The summed E-state index contributed by atoms with van der Waals surface area (Å²) in [5, 5.41) is 1.60. The van der Waals surface area contributed by atoms with Crippen LogP contribution >= 0.6 is 0 Å². The van der Waals surface area contributed by atoms with E-state index in [2.05, 4.69) is 4.83 Å². The zero-order valence-corrected chi connectivity index (χ0v) is 4.52. The van der Waals surface area contributed by atoms with Crippen LogP contribution in [0.15, 0.2) is 0 Å². The van der Waals surface area contributed by atoms with Gasteiger partial charge in [0, 0.05) is 13.1 Å². The lowest BCUT2D eigenvalue weighted by molar-refractivity contribution is 0.498. The van der Waals surface area contributed by atoms with Gasteiger partial charge in [0.05, 0.1) is 0 Å². The van der Waals surface area contributed by atoms with Crippen molar-refractivity contribution in [2.45, 2.75) is 0 Å². The van der Waals surface area contributed by atoms with Crippen molar-refractivity contribution in [3.05, 3.63) is 0 Å². The molecule has 0 spiro atoms. The third-order valence-corrected chi connectivity index (χ3v) is 1.12. The molecule has 7 heavy (non-hydrogen) atoms. The fourth-order valence-electron chi connectivity index (χ4n) is 0.265. The summed E-state index contributed by atoms with van der Waals surface area (Å²) in [4.78, 5) is 2.20. The van der Waals surface area contributed by atoms with E-state index >= 15 is 0 Å². The molecule has 1 saturated heterocycles. The van der Waals surface area contributed by atoms with Gasteiger partial charge in [-0.1, -0.05) is 0 Å². The summed E-state index contributed by atoms with van der Waals surface area (Å²) < 4.78 is 19.5. The van der Waals surface area contributed by atoms with E-state index in [4.69, 9.17) is 0 Å². The molecule has 0 radical (unpaired) electrons. The molecule has 0 aromatic heterocycles. The van der Waals surface area contributed by atoms with Gasteiger partial charge < -0.3 is 0 Å². The Hall–Kier alpha value is -0.130. The molecule has 4 nitrogen and oxygen atoms in total. The first-order valence-corrected chi connectivity index (χ1v) is 3.12. The monoisotopic (exact) mass is 122 g/mol. The van der Waals surface area contributed by atoms with Gasteiger partial charge in [-0.2, -0.15) is 4.83 Å². The number of nitrogens with one attached hydrogen (secondary N) is 1. The van der Waals surface area contributed by atoms with Gasteiger partial charge in [-0.15, -0.1) is 0 Å². The van der Waals surface area contributed by atoms with Gasteiger partial charge in [-0.25, -0.2) is 13.4 Å². The summed E-state index contributed by atoms with van der Waals surface area (Å²) in [5.74, 6) is 0. The zero-order chi connectivity index (χ0) is 5.28. The minimum Gasteiger partial charge on any atom is -0.228 e. The summed E-state index contributed by atoms with van der Waals surface area (Å²) in [6, 6.07) is 0. The van der Waals surface area contributed by atoms with Crippen LogP contribution in [-0.4, -0.2) is 26.5 Å². The minimum atomic E-state index is -2.40. The molecule has 0 unspecified atom stereocenters. The Morgan fingerprint density at radius 1 is 1.43 bits per heavy atom. The molecular weight excluding hydrogens is 116 g/mol. The van der Waals surface area contributed by atoms with Crippen molar-refractivity contribution in [1.82, 2.24) is 9.84 Å². The molecular formula is C2H6N2O2S. The SMILES string of the molecule is O=[SH](=O)NN1CC1. The van der Waals surface area contributed by atoms with E-state index in [1.807, 2.05) is 0 Å². The predicted molar refractivity (Wildman–Crippen MR) is 25.0 cm³/mol. The minimum absolute atomic E-state index is 0.851.